The minimum Gasteiger partial charge on any atom is -0.493 e. The van der Waals surface area contributed by atoms with Crippen LogP contribution in [0.5, 0.6) is 11.5 Å². The Bertz CT molecular complexity index is 1530. The molecule has 0 saturated carbocycles. The third-order valence-electron chi connectivity index (χ3n) is 7.52. The zero-order valence-electron chi connectivity index (χ0n) is 21.6. The first-order chi connectivity index (χ1) is 19.4. The SMILES string of the molecule is COc1cc([C@@H]2c3sc(=O)[nH]c3S[C@H]3C(=O)N(c4ccc(F)cc4)C(=O)[C@@H]23)ccc1OCC(=O)N1CCCCC1. The normalized spacial score (nSPS) is 22.2. The number of imide groups is 1. The van der Waals surface area contributed by atoms with Crippen molar-refractivity contribution in [1.29, 1.82) is 0 Å². The van der Waals surface area contributed by atoms with E-state index in [0.29, 0.717) is 32.7 Å². The molecule has 2 fully saturated rings. The van der Waals surface area contributed by atoms with E-state index in [4.69, 9.17) is 9.47 Å². The van der Waals surface area contributed by atoms with Crippen LogP contribution >= 0.6 is 23.1 Å². The molecule has 2 aromatic carbocycles. The van der Waals surface area contributed by atoms with Crippen molar-refractivity contribution in [3.8, 4) is 11.5 Å². The van der Waals surface area contributed by atoms with E-state index in [9.17, 15) is 23.6 Å². The highest BCUT2D eigenvalue weighted by molar-refractivity contribution is 8.00. The van der Waals surface area contributed by atoms with Gasteiger partial charge in [0.1, 0.15) is 11.1 Å². The molecule has 0 radical (unpaired) electrons. The number of piperidine rings is 1. The van der Waals surface area contributed by atoms with Crippen LogP contribution in [0.3, 0.4) is 0 Å². The maximum absolute atomic E-state index is 13.8. The van der Waals surface area contributed by atoms with E-state index in [1.165, 1.54) is 43.1 Å². The summed E-state index contributed by atoms with van der Waals surface area (Å²) in [6, 6.07) is 10.4. The van der Waals surface area contributed by atoms with Gasteiger partial charge in [-0.1, -0.05) is 29.2 Å². The van der Waals surface area contributed by atoms with Gasteiger partial charge < -0.3 is 19.4 Å². The van der Waals surface area contributed by atoms with Gasteiger partial charge >= 0.3 is 4.87 Å². The molecule has 4 heterocycles. The van der Waals surface area contributed by atoms with Gasteiger partial charge in [-0.05, 0) is 61.2 Å². The lowest BCUT2D eigenvalue weighted by Crippen LogP contribution is -2.38. The van der Waals surface area contributed by atoms with E-state index < -0.39 is 34.7 Å². The number of thiazole rings is 1. The van der Waals surface area contributed by atoms with E-state index in [0.717, 1.165) is 48.6 Å². The number of fused-ring (bicyclic) bond motifs is 2. The smallest absolute Gasteiger partial charge is 0.305 e. The Labute approximate surface area is 237 Å². The van der Waals surface area contributed by atoms with Gasteiger partial charge in [0, 0.05) is 23.9 Å². The number of likely N-dealkylation sites (tertiary alicyclic amines) is 1. The van der Waals surface area contributed by atoms with Gasteiger partial charge in [-0.3, -0.25) is 19.2 Å². The number of carbonyl (C=O) groups excluding carboxylic acids is 3. The van der Waals surface area contributed by atoms with Crippen LogP contribution in [-0.2, 0) is 14.4 Å². The Morgan fingerprint density at radius 1 is 1.02 bits per heavy atom. The molecule has 1 N–H and O–H groups in total. The van der Waals surface area contributed by atoms with Gasteiger partial charge in [0.2, 0.25) is 11.8 Å². The number of nitrogens with zero attached hydrogens (tertiary/aromatic N) is 2. The average Bonchev–Trinajstić information content (AvgIpc) is 3.46. The van der Waals surface area contributed by atoms with Crippen molar-refractivity contribution in [3.63, 3.8) is 0 Å². The third-order valence-corrected chi connectivity index (χ3v) is 9.92. The Morgan fingerprint density at radius 3 is 2.50 bits per heavy atom. The summed E-state index contributed by atoms with van der Waals surface area (Å²) < 4.78 is 25.0. The number of nitrogens with one attached hydrogen (secondary N) is 1. The van der Waals surface area contributed by atoms with Crippen LogP contribution in [0.1, 0.15) is 35.6 Å². The minimum atomic E-state index is -0.793. The molecule has 3 atom stereocenters. The monoisotopic (exact) mass is 583 g/mol. The van der Waals surface area contributed by atoms with Crippen molar-refractivity contribution in [1.82, 2.24) is 9.88 Å². The van der Waals surface area contributed by atoms with Crippen molar-refractivity contribution < 1.29 is 28.2 Å². The number of aromatic nitrogens is 1. The van der Waals surface area contributed by atoms with Crippen LogP contribution < -0.4 is 19.2 Å². The number of thioether (sulfide) groups is 1. The molecule has 3 aliphatic heterocycles. The summed E-state index contributed by atoms with van der Waals surface area (Å²) in [5, 5.41) is -0.223. The Balaban J connectivity index is 1.32. The molecule has 40 heavy (non-hydrogen) atoms. The number of rotatable bonds is 6. The molecule has 12 heteroatoms. The van der Waals surface area contributed by atoms with Crippen molar-refractivity contribution in [3.05, 3.63) is 68.4 Å². The number of amides is 3. The van der Waals surface area contributed by atoms with Gasteiger partial charge in [0.25, 0.3) is 5.91 Å². The number of benzene rings is 2. The number of ether oxygens (including phenoxy) is 2. The van der Waals surface area contributed by atoms with Gasteiger partial charge in [0.05, 0.1) is 23.7 Å². The van der Waals surface area contributed by atoms with Crippen LogP contribution in [0.4, 0.5) is 10.1 Å². The van der Waals surface area contributed by atoms with Crippen LogP contribution in [-0.4, -0.2) is 59.7 Å². The lowest BCUT2D eigenvalue weighted by atomic mass is 9.83. The Kier molecular flexibility index (Phi) is 7.13. The predicted octanol–water partition coefficient (Wildman–Crippen LogP) is 3.77. The molecular formula is C28H26FN3O6S2. The predicted molar refractivity (Wildman–Crippen MR) is 148 cm³/mol. The maximum Gasteiger partial charge on any atom is 0.305 e. The molecule has 2 saturated heterocycles. The standard InChI is InChI=1S/C28H26FN3O6S2/c1-37-19-13-15(5-10-18(19)38-14-20(33)31-11-3-2-4-12-31)21-22-24(39-25-23(21)40-28(36)30-25)27(35)32(26(22)34)17-8-6-16(29)7-9-17/h5-10,13,21-22,24H,2-4,11-12,14H2,1H3,(H,30,36)/t21-,22-,24+/m0/s1. The quantitative estimate of drug-likeness (QED) is 0.440. The van der Waals surface area contributed by atoms with E-state index in [-0.39, 0.29) is 17.4 Å². The lowest BCUT2D eigenvalue weighted by molar-refractivity contribution is -0.134. The summed E-state index contributed by atoms with van der Waals surface area (Å²) in [6.07, 6.45) is 3.09. The number of aromatic amines is 1. The van der Waals surface area contributed by atoms with Crippen LogP contribution in [0, 0.1) is 11.7 Å². The molecular weight excluding hydrogens is 557 g/mol. The highest BCUT2D eigenvalue weighted by Gasteiger charge is 2.56. The summed E-state index contributed by atoms with van der Waals surface area (Å²) in [5.74, 6) is -2.05. The third kappa shape index (κ3) is 4.68. The number of hydrogen-bond acceptors (Lipinski definition) is 8. The molecule has 0 unspecified atom stereocenters. The topological polar surface area (TPSA) is 109 Å². The fraction of sp³-hybridized carbons (Fsp3) is 0.357. The van der Waals surface area contributed by atoms with E-state index >= 15 is 0 Å². The molecule has 3 amide bonds. The van der Waals surface area contributed by atoms with Crippen LogP contribution in [0.2, 0.25) is 0 Å². The zero-order chi connectivity index (χ0) is 28.0. The Hall–Kier alpha value is -3.64. The number of carbonyl (C=O) groups is 3. The first-order valence-electron chi connectivity index (χ1n) is 13.0. The fourth-order valence-electron chi connectivity index (χ4n) is 5.59. The number of halogens is 1. The molecule has 6 rings (SSSR count). The van der Waals surface area contributed by atoms with E-state index in [1.807, 2.05) is 0 Å². The molecule has 3 aliphatic rings. The maximum atomic E-state index is 13.8. The highest BCUT2D eigenvalue weighted by Crippen LogP contribution is 2.53. The zero-order valence-corrected chi connectivity index (χ0v) is 23.2. The summed E-state index contributed by atoms with van der Waals surface area (Å²) in [5.41, 5.74) is 0.960. The second-order valence-corrected chi connectivity index (χ2v) is 12.0. The molecule has 0 aliphatic carbocycles. The number of methoxy groups -OCH3 is 1. The van der Waals surface area contributed by atoms with Gasteiger partial charge in [-0.15, -0.1) is 0 Å². The molecule has 0 bridgehead atoms. The average molecular weight is 584 g/mol. The molecule has 0 spiro atoms. The van der Waals surface area contributed by atoms with Crippen LogP contribution in [0.25, 0.3) is 0 Å². The van der Waals surface area contributed by atoms with Crippen molar-refractivity contribution in [2.24, 2.45) is 5.92 Å². The Morgan fingerprint density at radius 2 is 1.77 bits per heavy atom. The molecule has 1 aromatic heterocycles. The van der Waals surface area contributed by atoms with E-state index in [2.05, 4.69) is 4.98 Å². The number of anilines is 1. The first-order valence-corrected chi connectivity index (χ1v) is 14.7. The lowest BCUT2D eigenvalue weighted by Gasteiger charge is -2.30. The van der Waals surface area contributed by atoms with Crippen LogP contribution in [0.15, 0.2) is 52.3 Å². The molecule has 208 valence electrons. The summed E-state index contributed by atoms with van der Waals surface area (Å²) in [4.78, 5) is 58.4. The fourth-order valence-corrected chi connectivity index (χ4v) is 8.11. The van der Waals surface area contributed by atoms with Crippen molar-refractivity contribution in [2.75, 3.05) is 31.7 Å². The van der Waals surface area contributed by atoms with E-state index in [1.54, 1.807) is 23.1 Å². The largest absolute Gasteiger partial charge is 0.493 e. The second kappa shape index (κ2) is 10.7. The number of H-pyrrole nitrogens is 1. The summed E-state index contributed by atoms with van der Waals surface area (Å²) in [7, 11) is 1.48. The van der Waals surface area contributed by atoms with Gasteiger partial charge in [-0.25, -0.2) is 9.29 Å². The summed E-state index contributed by atoms with van der Waals surface area (Å²) >= 11 is 2.17. The van der Waals surface area contributed by atoms with Gasteiger partial charge in [0.15, 0.2) is 18.1 Å². The first kappa shape index (κ1) is 26.6. The summed E-state index contributed by atoms with van der Waals surface area (Å²) in [6.45, 7) is 1.33. The van der Waals surface area contributed by atoms with Crippen molar-refractivity contribution >= 4 is 46.5 Å². The highest BCUT2D eigenvalue weighted by atomic mass is 32.2. The van der Waals surface area contributed by atoms with Gasteiger partial charge in [-0.2, -0.15) is 0 Å². The molecule has 3 aromatic rings. The number of hydrogen-bond donors (Lipinski definition) is 1. The molecule has 9 nitrogen and oxygen atoms in total. The second-order valence-electron chi connectivity index (χ2n) is 9.88. The van der Waals surface area contributed by atoms with Crippen molar-refractivity contribution in [2.45, 2.75) is 35.5 Å². The minimum absolute atomic E-state index is 0.0873.